The van der Waals surface area contributed by atoms with Crippen LogP contribution in [0.2, 0.25) is 4.47 Å². The van der Waals surface area contributed by atoms with Gasteiger partial charge in [0.2, 0.25) is 0 Å². The fourth-order valence-electron chi connectivity index (χ4n) is 4.32. The molecule has 34 heavy (non-hydrogen) atoms. The van der Waals surface area contributed by atoms with Crippen molar-refractivity contribution in [2.75, 3.05) is 18.1 Å². The molecule has 0 amide bonds. The monoisotopic (exact) mass is 490 g/mol. The van der Waals surface area contributed by atoms with Crippen molar-refractivity contribution in [2.24, 2.45) is 0 Å². The van der Waals surface area contributed by atoms with E-state index >= 15 is 0 Å². The summed E-state index contributed by atoms with van der Waals surface area (Å²) in [6.07, 6.45) is 2.22. The van der Waals surface area contributed by atoms with Crippen molar-refractivity contribution in [3.05, 3.63) is 76.4 Å². The largest absolute Gasteiger partial charge is 0.466 e. The second-order valence-corrected chi connectivity index (χ2v) is 9.73. The van der Waals surface area contributed by atoms with E-state index < -0.39 is 0 Å². The summed E-state index contributed by atoms with van der Waals surface area (Å²) in [5.74, 6) is -0.248. The standard InChI is InChI=1S/C26H23ClN4O2S/c1-2-33-24(32)11-18-14-31(13-16-4-3-5-23-25(16)30-26(27)34-23)22-10-15(6-7-21(18)22)17-8-19(28)12-20(29)9-17/h3-10,12,14H,2,11,13,28-29H2,1H3. The third-order valence-corrected chi connectivity index (χ3v) is 6.86. The predicted molar refractivity (Wildman–Crippen MR) is 140 cm³/mol. The summed E-state index contributed by atoms with van der Waals surface area (Å²) in [5, 5.41) is 0.997. The molecule has 0 spiro atoms. The topological polar surface area (TPSA) is 96.2 Å². The van der Waals surface area contributed by atoms with Crippen molar-refractivity contribution in [1.82, 2.24) is 9.55 Å². The van der Waals surface area contributed by atoms with Crippen LogP contribution in [0.15, 0.2) is 60.8 Å². The van der Waals surface area contributed by atoms with Gasteiger partial charge in [0.15, 0.2) is 4.47 Å². The highest BCUT2D eigenvalue weighted by molar-refractivity contribution is 7.22. The maximum Gasteiger partial charge on any atom is 0.310 e. The van der Waals surface area contributed by atoms with E-state index in [9.17, 15) is 4.79 Å². The third kappa shape index (κ3) is 4.32. The van der Waals surface area contributed by atoms with Crippen LogP contribution in [0.4, 0.5) is 11.4 Å². The number of nitrogens with two attached hydrogens (primary N) is 2. The molecule has 0 saturated carbocycles. The minimum Gasteiger partial charge on any atom is -0.466 e. The number of anilines is 2. The molecule has 0 radical (unpaired) electrons. The Morgan fingerprint density at radius 3 is 2.62 bits per heavy atom. The van der Waals surface area contributed by atoms with Gasteiger partial charge >= 0.3 is 5.97 Å². The normalized spacial score (nSPS) is 11.4. The molecule has 0 bridgehead atoms. The molecule has 0 aliphatic heterocycles. The third-order valence-electron chi connectivity index (χ3n) is 5.73. The summed E-state index contributed by atoms with van der Waals surface area (Å²) in [6.45, 7) is 2.74. The molecule has 0 saturated heterocycles. The van der Waals surface area contributed by atoms with Crippen LogP contribution in [0, 0.1) is 0 Å². The van der Waals surface area contributed by atoms with Gasteiger partial charge in [-0.25, -0.2) is 4.98 Å². The highest BCUT2D eigenvalue weighted by Gasteiger charge is 2.16. The Bertz CT molecular complexity index is 1520. The maximum absolute atomic E-state index is 12.3. The number of rotatable bonds is 6. The van der Waals surface area contributed by atoms with E-state index in [0.29, 0.717) is 29.0 Å². The van der Waals surface area contributed by atoms with Crippen molar-refractivity contribution in [3.63, 3.8) is 0 Å². The number of hydrogen-bond donors (Lipinski definition) is 2. The fraction of sp³-hybridized carbons (Fsp3) is 0.154. The van der Waals surface area contributed by atoms with Crippen molar-refractivity contribution in [2.45, 2.75) is 19.9 Å². The SMILES string of the molecule is CCOC(=O)Cc1cn(Cc2cccc3sc(Cl)nc23)c2cc(-c3cc(N)cc(N)c3)ccc12. The van der Waals surface area contributed by atoms with Gasteiger partial charge in [-0.05, 0) is 59.5 Å². The minimum absolute atomic E-state index is 0.203. The number of esters is 1. The number of fused-ring (bicyclic) bond motifs is 2. The Hall–Kier alpha value is -3.55. The van der Waals surface area contributed by atoms with E-state index in [0.717, 1.165) is 43.4 Å². The van der Waals surface area contributed by atoms with Gasteiger partial charge in [-0.3, -0.25) is 4.79 Å². The van der Waals surface area contributed by atoms with Crippen molar-refractivity contribution < 1.29 is 9.53 Å². The van der Waals surface area contributed by atoms with Crippen molar-refractivity contribution in [1.29, 1.82) is 0 Å². The average Bonchev–Trinajstić information content (AvgIpc) is 3.33. The first-order valence-corrected chi connectivity index (χ1v) is 12.1. The summed E-state index contributed by atoms with van der Waals surface area (Å²) in [4.78, 5) is 16.8. The average molecular weight is 491 g/mol. The predicted octanol–water partition coefficient (Wildman–Crippen LogP) is 5.89. The highest BCUT2D eigenvalue weighted by Crippen LogP contribution is 2.33. The molecule has 2 aromatic heterocycles. The zero-order valence-electron chi connectivity index (χ0n) is 18.5. The van der Waals surface area contributed by atoms with Gasteiger partial charge in [0, 0.05) is 35.0 Å². The smallest absolute Gasteiger partial charge is 0.310 e. The molecule has 0 aliphatic rings. The Morgan fingerprint density at radius 1 is 1.06 bits per heavy atom. The molecule has 8 heteroatoms. The van der Waals surface area contributed by atoms with Gasteiger partial charge in [-0.2, -0.15) is 0 Å². The maximum atomic E-state index is 12.3. The molecular formula is C26H23ClN4O2S. The number of benzene rings is 3. The Balaban J connectivity index is 1.64. The molecular weight excluding hydrogens is 468 g/mol. The molecule has 3 aromatic carbocycles. The van der Waals surface area contributed by atoms with Crippen LogP contribution in [0.25, 0.3) is 32.2 Å². The summed E-state index contributed by atoms with van der Waals surface area (Å²) in [7, 11) is 0. The van der Waals surface area contributed by atoms with E-state index in [1.165, 1.54) is 11.3 Å². The zero-order valence-corrected chi connectivity index (χ0v) is 20.1. The first-order valence-electron chi connectivity index (χ1n) is 10.9. The second-order valence-electron chi connectivity index (χ2n) is 8.12. The quantitative estimate of drug-likeness (QED) is 0.228. The number of carbonyl (C=O) groups excluding carboxylic acids is 1. The number of nitrogen functional groups attached to an aromatic ring is 2. The van der Waals surface area contributed by atoms with Gasteiger partial charge in [0.1, 0.15) is 0 Å². The minimum atomic E-state index is -0.248. The highest BCUT2D eigenvalue weighted by atomic mass is 35.5. The lowest BCUT2D eigenvalue weighted by Gasteiger charge is -2.09. The second kappa shape index (κ2) is 9.00. The van der Waals surface area contributed by atoms with Crippen LogP contribution in [0.1, 0.15) is 18.1 Å². The lowest BCUT2D eigenvalue weighted by Crippen LogP contribution is -2.07. The molecule has 0 aliphatic carbocycles. The molecule has 6 nitrogen and oxygen atoms in total. The molecule has 172 valence electrons. The van der Waals surface area contributed by atoms with E-state index in [1.807, 2.05) is 49.5 Å². The zero-order chi connectivity index (χ0) is 23.8. The van der Waals surface area contributed by atoms with Crippen molar-refractivity contribution >= 4 is 61.4 Å². The van der Waals surface area contributed by atoms with Crippen LogP contribution in [-0.4, -0.2) is 22.1 Å². The number of thiazole rings is 1. The van der Waals surface area contributed by atoms with Crippen molar-refractivity contribution in [3.8, 4) is 11.1 Å². The lowest BCUT2D eigenvalue weighted by molar-refractivity contribution is -0.142. The molecule has 0 fully saturated rings. The number of para-hydroxylation sites is 1. The number of halogens is 1. The van der Waals surface area contributed by atoms with Crippen LogP contribution in [0.5, 0.6) is 0 Å². The number of aromatic nitrogens is 2. The van der Waals surface area contributed by atoms with Gasteiger partial charge in [0.25, 0.3) is 0 Å². The first kappa shape index (κ1) is 22.3. The molecule has 5 aromatic rings. The van der Waals surface area contributed by atoms with Gasteiger partial charge in [-0.1, -0.05) is 35.9 Å². The molecule has 2 heterocycles. The molecule has 5 rings (SSSR count). The Kier molecular flexibility index (Phi) is 5.89. The van der Waals surface area contributed by atoms with E-state index in [-0.39, 0.29) is 12.4 Å². The van der Waals surface area contributed by atoms with Crippen LogP contribution in [-0.2, 0) is 22.5 Å². The first-order chi connectivity index (χ1) is 16.4. The number of ether oxygens (including phenoxy) is 1. The summed E-state index contributed by atoms with van der Waals surface area (Å²) in [6, 6.07) is 17.8. The molecule has 0 unspecified atom stereocenters. The van der Waals surface area contributed by atoms with E-state index in [4.69, 9.17) is 27.8 Å². The van der Waals surface area contributed by atoms with E-state index in [2.05, 4.69) is 21.7 Å². The van der Waals surface area contributed by atoms with Crippen LogP contribution >= 0.6 is 22.9 Å². The number of hydrogen-bond acceptors (Lipinski definition) is 6. The number of carbonyl (C=O) groups is 1. The number of nitrogens with zero attached hydrogens (tertiary/aromatic N) is 2. The van der Waals surface area contributed by atoms with E-state index in [1.54, 1.807) is 6.07 Å². The molecule has 4 N–H and O–H groups in total. The Morgan fingerprint density at radius 2 is 1.85 bits per heavy atom. The van der Waals surface area contributed by atoms with Gasteiger partial charge < -0.3 is 20.8 Å². The molecule has 0 atom stereocenters. The van der Waals surface area contributed by atoms with Crippen LogP contribution in [0.3, 0.4) is 0 Å². The fourth-order valence-corrected chi connectivity index (χ4v) is 5.39. The Labute approximate surface area is 205 Å². The van der Waals surface area contributed by atoms with Gasteiger partial charge in [-0.15, -0.1) is 11.3 Å². The lowest BCUT2D eigenvalue weighted by atomic mass is 10.0. The summed E-state index contributed by atoms with van der Waals surface area (Å²) < 4.78 is 8.91. The van der Waals surface area contributed by atoms with Crippen LogP contribution < -0.4 is 11.5 Å². The van der Waals surface area contributed by atoms with Gasteiger partial charge in [0.05, 0.1) is 23.2 Å². The summed E-state index contributed by atoms with van der Waals surface area (Å²) in [5.41, 5.74) is 19.1. The summed E-state index contributed by atoms with van der Waals surface area (Å²) >= 11 is 7.65.